The Hall–Kier alpha value is -0.420. The Morgan fingerprint density at radius 2 is 2.20 bits per heavy atom. The second-order valence-corrected chi connectivity index (χ2v) is 4.82. The third kappa shape index (κ3) is 3.91. The first-order chi connectivity index (χ1) is 7.17. The lowest BCUT2D eigenvalue weighted by atomic mass is 10.2. The van der Waals surface area contributed by atoms with Crippen molar-refractivity contribution in [1.82, 2.24) is 5.32 Å². The van der Waals surface area contributed by atoms with Crippen molar-refractivity contribution in [3.8, 4) is 0 Å². The number of aryl methyl sites for hydroxylation is 1. The lowest BCUT2D eigenvalue weighted by molar-refractivity contribution is 0.0925. The van der Waals surface area contributed by atoms with Crippen molar-refractivity contribution in [2.45, 2.75) is 32.4 Å². The molecule has 0 aliphatic rings. The summed E-state index contributed by atoms with van der Waals surface area (Å²) in [5.74, 6) is 0. The Morgan fingerprint density at radius 1 is 1.47 bits per heavy atom. The fourth-order valence-electron chi connectivity index (χ4n) is 1.30. The van der Waals surface area contributed by atoms with Gasteiger partial charge in [0.1, 0.15) is 0 Å². The van der Waals surface area contributed by atoms with Crippen LogP contribution in [0.3, 0.4) is 0 Å². The molecular weight excluding hydrogens is 210 g/mol. The van der Waals surface area contributed by atoms with Crippen molar-refractivity contribution in [1.29, 1.82) is 0 Å². The average molecular weight is 229 g/mol. The molecule has 1 heterocycles. The van der Waals surface area contributed by atoms with Crippen molar-refractivity contribution < 1.29 is 10.2 Å². The van der Waals surface area contributed by atoms with Gasteiger partial charge in [-0.05, 0) is 25.5 Å². The number of hydrogen-bond donors (Lipinski definition) is 3. The molecule has 3 N–H and O–H groups in total. The van der Waals surface area contributed by atoms with Gasteiger partial charge in [-0.25, -0.2) is 0 Å². The molecule has 2 atom stereocenters. The number of hydrogen-bond acceptors (Lipinski definition) is 4. The van der Waals surface area contributed by atoms with E-state index in [1.165, 1.54) is 9.75 Å². The molecule has 4 heteroatoms. The summed E-state index contributed by atoms with van der Waals surface area (Å²) in [6, 6.07) is 4.49. The van der Waals surface area contributed by atoms with Crippen LogP contribution in [0, 0.1) is 0 Å². The third-order valence-corrected chi connectivity index (χ3v) is 3.74. The molecule has 0 spiro atoms. The van der Waals surface area contributed by atoms with Crippen LogP contribution < -0.4 is 5.32 Å². The lowest BCUT2D eigenvalue weighted by Gasteiger charge is -2.14. The monoisotopic (exact) mass is 229 g/mol. The van der Waals surface area contributed by atoms with Crippen LogP contribution in [0.4, 0.5) is 0 Å². The summed E-state index contributed by atoms with van der Waals surface area (Å²) in [6.45, 7) is 4.44. The van der Waals surface area contributed by atoms with Gasteiger partial charge in [-0.3, -0.25) is 0 Å². The molecule has 15 heavy (non-hydrogen) atoms. The number of nitrogens with one attached hydrogen (secondary N) is 1. The van der Waals surface area contributed by atoms with Crippen molar-refractivity contribution in [2.24, 2.45) is 0 Å². The fourth-order valence-corrected chi connectivity index (χ4v) is 2.27. The summed E-state index contributed by atoms with van der Waals surface area (Å²) in [5, 5.41) is 21.1. The third-order valence-electron chi connectivity index (χ3n) is 2.33. The van der Waals surface area contributed by atoms with Crippen LogP contribution >= 0.6 is 11.3 Å². The van der Waals surface area contributed by atoms with Gasteiger partial charge in [0.25, 0.3) is 0 Å². The van der Waals surface area contributed by atoms with E-state index in [1.807, 2.05) is 0 Å². The average Bonchev–Trinajstić information content (AvgIpc) is 2.73. The van der Waals surface area contributed by atoms with E-state index < -0.39 is 6.10 Å². The van der Waals surface area contributed by atoms with E-state index in [9.17, 15) is 5.11 Å². The zero-order chi connectivity index (χ0) is 11.3. The molecule has 1 aromatic heterocycles. The standard InChI is InChI=1S/C11H19NO2S/c1-3-10-4-5-11(15-10)8(2)12-6-9(14)7-13/h4-5,8-9,12-14H,3,6-7H2,1-2H3. The first-order valence-corrected chi connectivity index (χ1v) is 6.10. The molecule has 0 aromatic carbocycles. The summed E-state index contributed by atoms with van der Waals surface area (Å²) in [4.78, 5) is 2.65. The normalized spacial score (nSPS) is 15.2. The molecule has 0 saturated heterocycles. The van der Waals surface area contributed by atoms with Crippen LogP contribution in [-0.4, -0.2) is 29.5 Å². The van der Waals surface area contributed by atoms with Gasteiger partial charge in [0.15, 0.2) is 0 Å². The molecule has 0 saturated carbocycles. The molecule has 0 aliphatic heterocycles. The van der Waals surface area contributed by atoms with Gasteiger partial charge in [-0.15, -0.1) is 11.3 Å². The largest absolute Gasteiger partial charge is 0.394 e. The highest BCUT2D eigenvalue weighted by atomic mass is 32.1. The Balaban J connectivity index is 2.42. The van der Waals surface area contributed by atoms with Gasteiger partial charge in [0, 0.05) is 22.3 Å². The fraction of sp³-hybridized carbons (Fsp3) is 0.636. The maximum absolute atomic E-state index is 9.20. The highest BCUT2D eigenvalue weighted by Crippen LogP contribution is 2.23. The van der Waals surface area contributed by atoms with E-state index in [0.717, 1.165) is 6.42 Å². The summed E-state index contributed by atoms with van der Waals surface area (Å²) in [7, 11) is 0. The lowest BCUT2D eigenvalue weighted by Crippen LogP contribution is -2.30. The maximum atomic E-state index is 9.20. The first-order valence-electron chi connectivity index (χ1n) is 5.28. The topological polar surface area (TPSA) is 52.5 Å². The van der Waals surface area contributed by atoms with E-state index >= 15 is 0 Å². The van der Waals surface area contributed by atoms with Gasteiger partial charge in [-0.1, -0.05) is 6.92 Å². The summed E-state index contributed by atoms with van der Waals surface area (Å²) in [5.41, 5.74) is 0. The highest BCUT2D eigenvalue weighted by Gasteiger charge is 2.09. The zero-order valence-electron chi connectivity index (χ0n) is 9.23. The molecular formula is C11H19NO2S. The van der Waals surface area contributed by atoms with E-state index in [-0.39, 0.29) is 12.6 Å². The number of thiophene rings is 1. The Morgan fingerprint density at radius 3 is 2.73 bits per heavy atom. The minimum absolute atomic E-state index is 0.190. The minimum atomic E-state index is -0.668. The molecule has 86 valence electrons. The first kappa shape index (κ1) is 12.6. The molecule has 3 nitrogen and oxygen atoms in total. The molecule has 0 fully saturated rings. The predicted octanol–water partition coefficient (Wildman–Crippen LogP) is 1.31. The molecule has 1 aromatic rings. The molecule has 0 aliphatic carbocycles. The van der Waals surface area contributed by atoms with Gasteiger partial charge in [0.05, 0.1) is 12.7 Å². The number of aliphatic hydroxyl groups excluding tert-OH is 2. The van der Waals surface area contributed by atoms with Crippen molar-refractivity contribution in [3.05, 3.63) is 21.9 Å². The molecule has 0 amide bonds. The predicted molar refractivity (Wildman–Crippen MR) is 63.2 cm³/mol. The van der Waals surface area contributed by atoms with Crippen LogP contribution in [0.1, 0.15) is 29.6 Å². The highest BCUT2D eigenvalue weighted by molar-refractivity contribution is 7.12. The van der Waals surface area contributed by atoms with Gasteiger partial charge >= 0.3 is 0 Å². The van der Waals surface area contributed by atoms with E-state index in [0.29, 0.717) is 6.54 Å². The van der Waals surface area contributed by atoms with Crippen LogP contribution in [0.2, 0.25) is 0 Å². The van der Waals surface area contributed by atoms with Gasteiger partial charge in [-0.2, -0.15) is 0 Å². The van der Waals surface area contributed by atoms with Crippen molar-refractivity contribution in [2.75, 3.05) is 13.2 Å². The molecule has 0 radical (unpaired) electrons. The second-order valence-electron chi connectivity index (χ2n) is 3.62. The van der Waals surface area contributed by atoms with Gasteiger partial charge < -0.3 is 15.5 Å². The number of aliphatic hydroxyl groups is 2. The summed E-state index contributed by atoms with van der Waals surface area (Å²) >= 11 is 1.79. The zero-order valence-corrected chi connectivity index (χ0v) is 10.0. The molecule has 0 bridgehead atoms. The maximum Gasteiger partial charge on any atom is 0.0895 e. The Bertz CT molecular complexity index is 288. The summed E-state index contributed by atoms with van der Waals surface area (Å²) < 4.78 is 0. The van der Waals surface area contributed by atoms with E-state index in [4.69, 9.17) is 5.11 Å². The number of rotatable bonds is 6. The summed E-state index contributed by atoms with van der Waals surface area (Å²) in [6.07, 6.45) is 0.398. The molecule has 1 rings (SSSR count). The second kappa shape index (κ2) is 6.23. The van der Waals surface area contributed by atoms with Gasteiger partial charge in [0.2, 0.25) is 0 Å². The minimum Gasteiger partial charge on any atom is -0.394 e. The van der Waals surface area contributed by atoms with Crippen molar-refractivity contribution >= 4 is 11.3 Å². The van der Waals surface area contributed by atoms with E-state index in [1.54, 1.807) is 11.3 Å². The Labute approximate surface area is 94.8 Å². The SMILES string of the molecule is CCc1ccc(C(C)NCC(O)CO)s1. The molecule has 2 unspecified atom stereocenters. The van der Waals surface area contributed by atoms with Crippen LogP contribution in [0.25, 0.3) is 0 Å². The quantitative estimate of drug-likeness (QED) is 0.689. The van der Waals surface area contributed by atoms with Crippen molar-refractivity contribution in [3.63, 3.8) is 0 Å². The van der Waals surface area contributed by atoms with E-state index in [2.05, 4.69) is 31.3 Å². The van der Waals surface area contributed by atoms with Crippen LogP contribution in [-0.2, 0) is 6.42 Å². The van der Waals surface area contributed by atoms with Crippen LogP contribution in [0.5, 0.6) is 0 Å². The Kier molecular flexibility index (Phi) is 5.25. The van der Waals surface area contributed by atoms with Crippen LogP contribution in [0.15, 0.2) is 12.1 Å². The smallest absolute Gasteiger partial charge is 0.0895 e.